The predicted octanol–water partition coefficient (Wildman–Crippen LogP) is 4.43. The molecule has 0 saturated carbocycles. The Morgan fingerprint density at radius 3 is 2.73 bits per heavy atom. The molecule has 0 aliphatic heterocycles. The number of nitrogens with one attached hydrogen (secondary N) is 2. The van der Waals surface area contributed by atoms with Gasteiger partial charge in [0.2, 0.25) is 5.89 Å². The Kier molecular flexibility index (Phi) is 9.10. The van der Waals surface area contributed by atoms with Crippen LogP contribution in [0.15, 0.2) is 65.8 Å². The molecule has 3 heterocycles. The van der Waals surface area contributed by atoms with Gasteiger partial charge < -0.3 is 19.8 Å². The third kappa shape index (κ3) is 7.08. The smallest absolute Gasteiger partial charge is 0.412 e. The van der Waals surface area contributed by atoms with E-state index in [4.69, 9.17) is 14.1 Å². The number of hydrogen-bond donors (Lipinski definition) is 2. The molecule has 10 nitrogen and oxygen atoms in total. The summed E-state index contributed by atoms with van der Waals surface area (Å²) < 4.78 is 10.8. The molecule has 3 aromatic heterocycles. The molecule has 0 fully saturated rings. The molecular weight excluding hydrogens is 506 g/mol. The monoisotopic (exact) mass is 541 g/mol. The minimum Gasteiger partial charge on any atom is -0.448 e. The van der Waals surface area contributed by atoms with Crippen LogP contribution in [0.25, 0.3) is 0 Å². The van der Waals surface area contributed by atoms with E-state index < -0.39 is 6.09 Å². The first-order chi connectivity index (χ1) is 19.6. The Morgan fingerprint density at radius 2 is 1.90 bits per heavy atom. The van der Waals surface area contributed by atoms with Crippen LogP contribution in [0, 0.1) is 13.8 Å². The second-order valence-corrected chi connectivity index (χ2v) is 9.97. The summed E-state index contributed by atoms with van der Waals surface area (Å²) in [4.78, 5) is 32.2. The van der Waals surface area contributed by atoms with Gasteiger partial charge in [0.15, 0.2) is 5.75 Å². The molecule has 4 aromatic rings. The van der Waals surface area contributed by atoms with Crippen LogP contribution in [-0.4, -0.2) is 44.0 Å². The first kappa shape index (κ1) is 27.4. The number of oxazole rings is 1. The van der Waals surface area contributed by atoms with Crippen LogP contribution in [0.4, 0.5) is 4.79 Å². The molecule has 1 amide bonds. The van der Waals surface area contributed by atoms with Gasteiger partial charge in [0.25, 0.3) is 0 Å². The van der Waals surface area contributed by atoms with Crippen molar-refractivity contribution in [1.29, 1.82) is 0 Å². The van der Waals surface area contributed by atoms with Gasteiger partial charge >= 0.3 is 6.09 Å². The van der Waals surface area contributed by atoms with Crippen LogP contribution in [-0.2, 0) is 26.1 Å². The minimum atomic E-state index is -0.532. The van der Waals surface area contributed by atoms with Gasteiger partial charge in [-0.1, -0.05) is 30.3 Å². The quantitative estimate of drug-likeness (QED) is 0.266. The Labute approximate surface area is 234 Å². The summed E-state index contributed by atoms with van der Waals surface area (Å²) in [6.45, 7) is 6.91. The number of pyridine rings is 1. The Bertz CT molecular complexity index is 1390. The molecule has 0 bridgehead atoms. The van der Waals surface area contributed by atoms with Crippen LogP contribution >= 0.6 is 0 Å². The molecular formula is C30H35N7O3. The molecule has 5 rings (SSSR count). The van der Waals surface area contributed by atoms with E-state index in [1.54, 1.807) is 26.3 Å². The van der Waals surface area contributed by atoms with E-state index in [0.717, 1.165) is 44.5 Å². The van der Waals surface area contributed by atoms with Crippen LogP contribution in [0.3, 0.4) is 0 Å². The highest BCUT2D eigenvalue weighted by atomic mass is 16.6. The van der Waals surface area contributed by atoms with Crippen molar-refractivity contribution in [2.45, 2.75) is 58.8 Å². The van der Waals surface area contributed by atoms with Crippen LogP contribution in [0.2, 0.25) is 0 Å². The van der Waals surface area contributed by atoms with Crippen molar-refractivity contribution in [2.24, 2.45) is 0 Å². The second-order valence-electron chi connectivity index (χ2n) is 9.97. The van der Waals surface area contributed by atoms with Crippen molar-refractivity contribution in [3.05, 3.63) is 101 Å². The average molecular weight is 542 g/mol. The molecule has 40 heavy (non-hydrogen) atoms. The zero-order chi connectivity index (χ0) is 27.7. The number of benzene rings is 1. The highest BCUT2D eigenvalue weighted by Gasteiger charge is 2.27. The number of aromatic nitrogens is 4. The fourth-order valence-corrected chi connectivity index (χ4v) is 5.15. The summed E-state index contributed by atoms with van der Waals surface area (Å²) in [7, 11) is 0. The van der Waals surface area contributed by atoms with Crippen molar-refractivity contribution < 1.29 is 13.9 Å². The summed E-state index contributed by atoms with van der Waals surface area (Å²) >= 11 is 0. The number of fused-ring (bicyclic) bond motifs is 1. The van der Waals surface area contributed by atoms with Crippen LogP contribution in [0.5, 0.6) is 5.75 Å². The minimum absolute atomic E-state index is 0.241. The lowest BCUT2D eigenvalue weighted by Crippen LogP contribution is -2.36. The van der Waals surface area contributed by atoms with Gasteiger partial charge in [-0.25, -0.2) is 19.7 Å². The van der Waals surface area contributed by atoms with Gasteiger partial charge in [0, 0.05) is 32.4 Å². The first-order valence-corrected chi connectivity index (χ1v) is 13.7. The third-order valence-electron chi connectivity index (χ3n) is 7.11. The average Bonchev–Trinajstić information content (AvgIpc) is 3.49. The topological polar surface area (TPSA) is 118 Å². The van der Waals surface area contributed by atoms with Gasteiger partial charge in [0.1, 0.15) is 12.6 Å². The predicted molar refractivity (Wildman–Crippen MR) is 149 cm³/mol. The second kappa shape index (κ2) is 13.3. The van der Waals surface area contributed by atoms with E-state index in [0.29, 0.717) is 36.1 Å². The first-order valence-electron chi connectivity index (χ1n) is 13.7. The summed E-state index contributed by atoms with van der Waals surface area (Å²) in [5.74, 6) is 1.07. The fraction of sp³-hybridized carbons (Fsp3) is 0.367. The van der Waals surface area contributed by atoms with E-state index in [1.807, 2.05) is 24.4 Å². The normalized spacial score (nSPS) is 14.6. The molecule has 1 aliphatic rings. The Balaban J connectivity index is 1.24. The van der Waals surface area contributed by atoms with E-state index >= 15 is 0 Å². The number of carbonyl (C=O) groups excluding carboxylic acids is 1. The van der Waals surface area contributed by atoms with Gasteiger partial charge in [-0.05, 0) is 55.9 Å². The molecule has 2 N–H and O–H groups in total. The Morgan fingerprint density at radius 1 is 1.05 bits per heavy atom. The molecule has 1 unspecified atom stereocenters. The summed E-state index contributed by atoms with van der Waals surface area (Å²) in [5, 5.41) is 6.30. The van der Waals surface area contributed by atoms with Crippen LogP contribution < -0.4 is 15.4 Å². The molecule has 0 saturated heterocycles. The Hall–Kier alpha value is -4.15. The summed E-state index contributed by atoms with van der Waals surface area (Å²) in [6.07, 6.45) is 9.35. The van der Waals surface area contributed by atoms with Gasteiger partial charge in [-0.2, -0.15) is 0 Å². The third-order valence-corrected chi connectivity index (χ3v) is 7.11. The summed E-state index contributed by atoms with van der Waals surface area (Å²) in [5.41, 5.74) is 5.93. The maximum Gasteiger partial charge on any atom is 0.412 e. The summed E-state index contributed by atoms with van der Waals surface area (Å²) in [6, 6.07) is 12.8. The van der Waals surface area contributed by atoms with Crippen molar-refractivity contribution in [3.63, 3.8) is 0 Å². The van der Waals surface area contributed by atoms with E-state index in [1.165, 1.54) is 23.1 Å². The lowest BCUT2D eigenvalue weighted by atomic mass is 9.90. The molecule has 1 aliphatic carbocycles. The van der Waals surface area contributed by atoms with Crippen LogP contribution in [0.1, 0.15) is 58.5 Å². The zero-order valence-corrected chi connectivity index (χ0v) is 23.0. The number of aryl methyl sites for hydroxylation is 3. The fourth-order valence-electron chi connectivity index (χ4n) is 5.15. The largest absolute Gasteiger partial charge is 0.448 e. The molecule has 1 atom stereocenters. The van der Waals surface area contributed by atoms with Crippen molar-refractivity contribution in [2.75, 3.05) is 13.1 Å². The standard InChI is InChI=1S/C30H35N7O3/c1-21-29(22(2)36-20-35-21)40-30(38)34-17-23-6-3-7-24(16-23)19-37(14-12-31-18-27-32-13-15-39-27)26-10-4-8-25-9-5-11-33-28(25)26/h3,5-7,9,11,13,15-16,20,26,31H,4,8,10,12,14,17-19H2,1-2H3,(H,34,38). The van der Waals surface area contributed by atoms with Gasteiger partial charge in [-0.15, -0.1) is 0 Å². The van der Waals surface area contributed by atoms with E-state index in [9.17, 15) is 4.79 Å². The van der Waals surface area contributed by atoms with E-state index in [2.05, 4.69) is 48.7 Å². The lowest BCUT2D eigenvalue weighted by Gasteiger charge is -2.35. The highest BCUT2D eigenvalue weighted by molar-refractivity contribution is 5.70. The molecule has 1 aromatic carbocycles. The maximum atomic E-state index is 12.5. The zero-order valence-electron chi connectivity index (χ0n) is 23.0. The lowest BCUT2D eigenvalue weighted by molar-refractivity contribution is 0.166. The number of ether oxygens (including phenoxy) is 1. The molecule has 0 radical (unpaired) electrons. The number of hydrogen-bond acceptors (Lipinski definition) is 9. The number of carbonyl (C=O) groups is 1. The number of nitrogens with zero attached hydrogens (tertiary/aromatic N) is 5. The van der Waals surface area contributed by atoms with Crippen molar-refractivity contribution in [3.8, 4) is 5.75 Å². The number of amides is 1. The van der Waals surface area contributed by atoms with E-state index in [-0.39, 0.29) is 6.04 Å². The van der Waals surface area contributed by atoms with Gasteiger partial charge in [0.05, 0.1) is 35.9 Å². The maximum absolute atomic E-state index is 12.5. The molecule has 0 spiro atoms. The van der Waals surface area contributed by atoms with Crippen molar-refractivity contribution >= 4 is 6.09 Å². The SMILES string of the molecule is Cc1ncnc(C)c1OC(=O)NCc1cccc(CN(CCNCc2ncco2)C2CCCc3cccnc32)c1. The highest BCUT2D eigenvalue weighted by Crippen LogP contribution is 2.33. The van der Waals surface area contributed by atoms with Gasteiger partial charge in [-0.3, -0.25) is 9.88 Å². The number of rotatable bonds is 11. The molecule has 10 heteroatoms. The van der Waals surface area contributed by atoms with Crippen molar-refractivity contribution in [1.82, 2.24) is 35.5 Å². The molecule has 208 valence electrons.